The SMILES string of the molecule is CC1CCSCCN1c1ncnc2c1cnn2C(C)(C)C. The van der Waals surface area contributed by atoms with Gasteiger partial charge < -0.3 is 4.90 Å². The molecule has 3 heterocycles. The van der Waals surface area contributed by atoms with Crippen LogP contribution in [0, 0.1) is 0 Å². The van der Waals surface area contributed by atoms with Gasteiger partial charge in [-0.05, 0) is 39.9 Å². The average molecular weight is 305 g/mol. The molecule has 114 valence electrons. The lowest BCUT2D eigenvalue weighted by Gasteiger charge is -2.28. The second-order valence-electron chi connectivity index (χ2n) is 6.61. The lowest BCUT2D eigenvalue weighted by molar-refractivity contribution is 0.366. The van der Waals surface area contributed by atoms with Crippen LogP contribution in [0.25, 0.3) is 11.0 Å². The van der Waals surface area contributed by atoms with E-state index in [0.29, 0.717) is 6.04 Å². The van der Waals surface area contributed by atoms with Crippen molar-refractivity contribution >= 4 is 28.6 Å². The van der Waals surface area contributed by atoms with E-state index in [1.165, 1.54) is 12.2 Å². The molecule has 1 aliphatic heterocycles. The summed E-state index contributed by atoms with van der Waals surface area (Å²) < 4.78 is 1.99. The molecule has 3 rings (SSSR count). The molecule has 1 atom stereocenters. The summed E-state index contributed by atoms with van der Waals surface area (Å²) in [6.45, 7) is 9.76. The largest absolute Gasteiger partial charge is 0.352 e. The molecular weight excluding hydrogens is 282 g/mol. The quantitative estimate of drug-likeness (QED) is 0.810. The summed E-state index contributed by atoms with van der Waals surface area (Å²) in [5, 5.41) is 5.61. The maximum absolute atomic E-state index is 4.57. The number of hydrogen-bond acceptors (Lipinski definition) is 5. The highest BCUT2D eigenvalue weighted by molar-refractivity contribution is 7.99. The summed E-state index contributed by atoms with van der Waals surface area (Å²) in [4.78, 5) is 11.5. The third-order valence-electron chi connectivity index (χ3n) is 3.94. The molecule has 0 spiro atoms. The standard InChI is InChI=1S/C15H23N5S/c1-11-5-7-21-8-6-19(11)13-12-9-18-20(15(2,3)4)14(12)17-10-16-13/h9-11H,5-8H2,1-4H3. The van der Waals surface area contributed by atoms with Gasteiger partial charge in [-0.25, -0.2) is 14.6 Å². The van der Waals surface area contributed by atoms with Gasteiger partial charge in [0.25, 0.3) is 0 Å². The Balaban J connectivity index is 2.09. The van der Waals surface area contributed by atoms with Crippen molar-refractivity contribution in [1.82, 2.24) is 19.7 Å². The predicted molar refractivity (Wildman–Crippen MR) is 89.1 cm³/mol. The van der Waals surface area contributed by atoms with Crippen molar-refractivity contribution in [3.05, 3.63) is 12.5 Å². The topological polar surface area (TPSA) is 46.8 Å². The van der Waals surface area contributed by atoms with Gasteiger partial charge in [0, 0.05) is 18.3 Å². The Labute approximate surface area is 130 Å². The number of aromatic nitrogens is 4. The van der Waals surface area contributed by atoms with Crippen molar-refractivity contribution in [1.29, 1.82) is 0 Å². The molecule has 21 heavy (non-hydrogen) atoms. The summed E-state index contributed by atoms with van der Waals surface area (Å²) >= 11 is 2.03. The number of fused-ring (bicyclic) bond motifs is 1. The minimum atomic E-state index is -0.0758. The third-order valence-corrected chi connectivity index (χ3v) is 4.94. The molecule has 1 aliphatic rings. The van der Waals surface area contributed by atoms with Crippen LogP contribution in [0.2, 0.25) is 0 Å². The van der Waals surface area contributed by atoms with Gasteiger partial charge in [0.15, 0.2) is 5.65 Å². The molecule has 0 radical (unpaired) electrons. The molecule has 5 nitrogen and oxygen atoms in total. The van der Waals surface area contributed by atoms with E-state index in [4.69, 9.17) is 0 Å². The third kappa shape index (κ3) is 2.73. The monoisotopic (exact) mass is 305 g/mol. The Morgan fingerprint density at radius 3 is 2.81 bits per heavy atom. The summed E-state index contributed by atoms with van der Waals surface area (Å²) in [5.41, 5.74) is 0.852. The maximum atomic E-state index is 4.57. The van der Waals surface area contributed by atoms with Crippen molar-refractivity contribution in [2.45, 2.75) is 45.7 Å². The molecular formula is C15H23N5S. The highest BCUT2D eigenvalue weighted by atomic mass is 32.2. The van der Waals surface area contributed by atoms with Crippen LogP contribution >= 0.6 is 11.8 Å². The Hall–Kier alpha value is -1.30. The average Bonchev–Trinajstić information content (AvgIpc) is 2.76. The van der Waals surface area contributed by atoms with Crippen LogP contribution in [0.1, 0.15) is 34.1 Å². The minimum Gasteiger partial charge on any atom is -0.352 e. The summed E-state index contributed by atoms with van der Waals surface area (Å²) in [5.74, 6) is 3.42. The van der Waals surface area contributed by atoms with Crippen LogP contribution in [0.4, 0.5) is 5.82 Å². The number of nitrogens with zero attached hydrogens (tertiary/aromatic N) is 5. The van der Waals surface area contributed by atoms with Crippen molar-refractivity contribution in [3.8, 4) is 0 Å². The predicted octanol–water partition coefficient (Wildman–Crippen LogP) is 2.91. The zero-order chi connectivity index (χ0) is 15.0. The van der Waals surface area contributed by atoms with Gasteiger partial charge in [0.2, 0.25) is 0 Å². The highest BCUT2D eigenvalue weighted by Crippen LogP contribution is 2.29. The minimum absolute atomic E-state index is 0.0758. The van der Waals surface area contributed by atoms with Crippen LogP contribution < -0.4 is 4.90 Å². The zero-order valence-corrected chi connectivity index (χ0v) is 14.0. The maximum Gasteiger partial charge on any atom is 0.163 e. The van der Waals surface area contributed by atoms with Gasteiger partial charge in [0.05, 0.1) is 17.1 Å². The number of anilines is 1. The summed E-state index contributed by atoms with van der Waals surface area (Å²) in [6.07, 6.45) is 4.79. The fourth-order valence-electron chi connectivity index (χ4n) is 2.76. The van der Waals surface area contributed by atoms with Gasteiger partial charge in [0.1, 0.15) is 12.1 Å². The van der Waals surface area contributed by atoms with Gasteiger partial charge >= 0.3 is 0 Å². The van der Waals surface area contributed by atoms with Crippen LogP contribution in [0.15, 0.2) is 12.5 Å². The van der Waals surface area contributed by atoms with Crippen molar-refractivity contribution in [2.24, 2.45) is 0 Å². The molecule has 2 aromatic heterocycles. The van der Waals surface area contributed by atoms with Crippen molar-refractivity contribution < 1.29 is 0 Å². The number of hydrogen-bond donors (Lipinski definition) is 0. The van der Waals surface area contributed by atoms with Gasteiger partial charge in [-0.1, -0.05) is 0 Å². The van der Waals surface area contributed by atoms with Crippen LogP contribution in [-0.2, 0) is 5.54 Å². The molecule has 6 heteroatoms. The molecule has 0 amide bonds. The molecule has 0 saturated carbocycles. The molecule has 0 aromatic carbocycles. The zero-order valence-electron chi connectivity index (χ0n) is 13.2. The highest BCUT2D eigenvalue weighted by Gasteiger charge is 2.24. The van der Waals surface area contributed by atoms with Crippen LogP contribution in [-0.4, -0.2) is 43.8 Å². The number of rotatable bonds is 1. The summed E-state index contributed by atoms with van der Waals surface area (Å²) in [6, 6.07) is 0.510. The normalized spacial score (nSPS) is 20.8. The van der Waals surface area contributed by atoms with E-state index in [-0.39, 0.29) is 5.54 Å². The Morgan fingerprint density at radius 2 is 2.05 bits per heavy atom. The molecule has 1 saturated heterocycles. The van der Waals surface area contributed by atoms with E-state index in [1.54, 1.807) is 6.33 Å². The molecule has 2 aromatic rings. The van der Waals surface area contributed by atoms with E-state index in [9.17, 15) is 0 Å². The second kappa shape index (κ2) is 5.48. The van der Waals surface area contributed by atoms with Gasteiger partial charge in [-0.2, -0.15) is 16.9 Å². The fraction of sp³-hybridized carbons (Fsp3) is 0.667. The van der Waals surface area contributed by atoms with E-state index in [1.807, 2.05) is 22.6 Å². The Kier molecular flexibility index (Phi) is 3.82. The van der Waals surface area contributed by atoms with E-state index >= 15 is 0 Å². The van der Waals surface area contributed by atoms with Gasteiger partial charge in [-0.15, -0.1) is 0 Å². The first-order valence-electron chi connectivity index (χ1n) is 7.52. The Bertz CT molecular complexity index is 631. The lowest BCUT2D eigenvalue weighted by atomic mass is 10.1. The van der Waals surface area contributed by atoms with Crippen molar-refractivity contribution in [2.75, 3.05) is 23.0 Å². The van der Waals surface area contributed by atoms with Crippen LogP contribution in [0.3, 0.4) is 0 Å². The molecule has 0 aliphatic carbocycles. The Morgan fingerprint density at radius 1 is 1.24 bits per heavy atom. The van der Waals surface area contributed by atoms with Crippen molar-refractivity contribution in [3.63, 3.8) is 0 Å². The molecule has 1 fully saturated rings. The first-order chi connectivity index (χ1) is 9.98. The van der Waals surface area contributed by atoms with Gasteiger partial charge in [-0.3, -0.25) is 0 Å². The smallest absolute Gasteiger partial charge is 0.163 e. The molecule has 0 N–H and O–H groups in total. The van der Waals surface area contributed by atoms with E-state index in [2.05, 4.69) is 47.7 Å². The lowest BCUT2D eigenvalue weighted by Crippen LogP contribution is -2.34. The first-order valence-corrected chi connectivity index (χ1v) is 8.67. The molecule has 0 bridgehead atoms. The second-order valence-corrected chi connectivity index (χ2v) is 7.83. The molecule has 1 unspecified atom stereocenters. The fourth-order valence-corrected chi connectivity index (χ4v) is 3.80. The van der Waals surface area contributed by atoms with Crippen LogP contribution in [0.5, 0.6) is 0 Å². The van der Waals surface area contributed by atoms with E-state index < -0.39 is 0 Å². The number of thioether (sulfide) groups is 1. The first kappa shape index (κ1) is 14.6. The summed E-state index contributed by atoms with van der Waals surface area (Å²) in [7, 11) is 0. The van der Waals surface area contributed by atoms with E-state index in [0.717, 1.165) is 29.1 Å².